The number of rotatable bonds is 7. The lowest BCUT2D eigenvalue weighted by atomic mass is 10.2. The van der Waals surface area contributed by atoms with Crippen LogP contribution in [-0.4, -0.2) is 29.1 Å². The topological polar surface area (TPSA) is 106 Å². The summed E-state index contributed by atoms with van der Waals surface area (Å²) in [5.41, 5.74) is 1.95. The van der Waals surface area contributed by atoms with Crippen molar-refractivity contribution in [2.45, 2.75) is 11.4 Å². The molecule has 33 heavy (non-hydrogen) atoms. The Morgan fingerprint density at radius 2 is 1.76 bits per heavy atom. The van der Waals surface area contributed by atoms with E-state index in [0.717, 1.165) is 23.4 Å². The number of benzene rings is 3. The second-order valence-electron chi connectivity index (χ2n) is 6.95. The minimum Gasteiger partial charge on any atom is -0.348 e. The average Bonchev–Trinajstić information content (AvgIpc) is 3.34. The van der Waals surface area contributed by atoms with Crippen LogP contribution in [0.4, 0.5) is 10.1 Å². The van der Waals surface area contributed by atoms with Gasteiger partial charge in [-0.05, 0) is 60.2 Å². The first-order valence-electron chi connectivity index (χ1n) is 9.62. The fraction of sp³-hybridized carbons (Fsp3) is 0.0455. The van der Waals surface area contributed by atoms with Crippen LogP contribution in [0, 0.1) is 5.82 Å². The van der Waals surface area contributed by atoms with E-state index in [9.17, 15) is 17.6 Å². The Labute approximate surface area is 194 Å². The molecular formula is C22H17ClFN5O3S. The average molecular weight is 486 g/mol. The van der Waals surface area contributed by atoms with Crippen molar-refractivity contribution in [2.24, 2.45) is 0 Å². The van der Waals surface area contributed by atoms with E-state index in [-0.39, 0.29) is 27.7 Å². The zero-order valence-corrected chi connectivity index (χ0v) is 18.5. The van der Waals surface area contributed by atoms with E-state index in [4.69, 9.17) is 11.6 Å². The normalized spacial score (nSPS) is 11.2. The van der Waals surface area contributed by atoms with Crippen molar-refractivity contribution >= 4 is 33.2 Å². The van der Waals surface area contributed by atoms with Crippen molar-refractivity contribution in [3.8, 4) is 5.69 Å². The maximum atomic E-state index is 13.1. The van der Waals surface area contributed by atoms with Crippen LogP contribution in [0.2, 0.25) is 5.02 Å². The smallest absolute Gasteiger partial charge is 0.263 e. The van der Waals surface area contributed by atoms with Gasteiger partial charge in [-0.1, -0.05) is 23.7 Å². The molecule has 0 radical (unpaired) electrons. The molecule has 0 saturated carbocycles. The van der Waals surface area contributed by atoms with Gasteiger partial charge in [0.1, 0.15) is 23.4 Å². The molecule has 11 heteroatoms. The van der Waals surface area contributed by atoms with E-state index in [1.807, 2.05) is 24.3 Å². The van der Waals surface area contributed by atoms with E-state index in [1.165, 1.54) is 36.7 Å². The number of amides is 1. The van der Waals surface area contributed by atoms with E-state index in [1.54, 1.807) is 11.0 Å². The van der Waals surface area contributed by atoms with Gasteiger partial charge >= 0.3 is 0 Å². The van der Waals surface area contributed by atoms with Gasteiger partial charge in [-0.2, -0.15) is 5.10 Å². The number of nitrogens with one attached hydrogen (secondary N) is 2. The third-order valence-electron chi connectivity index (χ3n) is 4.65. The van der Waals surface area contributed by atoms with Gasteiger partial charge in [0.05, 0.1) is 10.7 Å². The lowest BCUT2D eigenvalue weighted by molar-refractivity contribution is 0.0950. The predicted molar refractivity (Wildman–Crippen MR) is 121 cm³/mol. The van der Waals surface area contributed by atoms with Crippen molar-refractivity contribution in [1.82, 2.24) is 20.1 Å². The van der Waals surface area contributed by atoms with Crippen LogP contribution in [0.3, 0.4) is 0 Å². The second-order valence-corrected chi connectivity index (χ2v) is 9.00. The lowest BCUT2D eigenvalue weighted by Gasteiger charge is -2.12. The molecule has 1 aromatic heterocycles. The number of anilines is 1. The quantitative estimate of drug-likeness (QED) is 0.414. The van der Waals surface area contributed by atoms with Crippen molar-refractivity contribution in [2.75, 3.05) is 4.72 Å². The molecule has 0 aliphatic carbocycles. The van der Waals surface area contributed by atoms with Crippen LogP contribution < -0.4 is 10.0 Å². The maximum Gasteiger partial charge on any atom is 0.263 e. The Morgan fingerprint density at radius 1 is 1.03 bits per heavy atom. The Bertz CT molecular complexity index is 1380. The van der Waals surface area contributed by atoms with Crippen molar-refractivity contribution in [1.29, 1.82) is 0 Å². The van der Waals surface area contributed by atoms with Gasteiger partial charge in [0, 0.05) is 17.8 Å². The summed E-state index contributed by atoms with van der Waals surface area (Å²) in [6, 6.07) is 16.1. The second kappa shape index (κ2) is 9.39. The van der Waals surface area contributed by atoms with E-state index in [0.29, 0.717) is 0 Å². The Kier molecular flexibility index (Phi) is 6.38. The number of carbonyl (C=O) groups is 1. The predicted octanol–water partition coefficient (Wildman–Crippen LogP) is 3.79. The number of nitrogens with zero attached hydrogens (tertiary/aromatic N) is 3. The fourth-order valence-electron chi connectivity index (χ4n) is 2.97. The summed E-state index contributed by atoms with van der Waals surface area (Å²) in [5.74, 6) is -0.965. The van der Waals surface area contributed by atoms with E-state index in [2.05, 4.69) is 20.1 Å². The highest BCUT2D eigenvalue weighted by Crippen LogP contribution is 2.25. The summed E-state index contributed by atoms with van der Waals surface area (Å²) >= 11 is 6.08. The van der Waals surface area contributed by atoms with Crippen LogP contribution in [0.25, 0.3) is 5.69 Å². The van der Waals surface area contributed by atoms with Crippen LogP contribution in [0.5, 0.6) is 0 Å². The van der Waals surface area contributed by atoms with Crippen LogP contribution in [0.15, 0.2) is 84.3 Å². The molecule has 0 saturated heterocycles. The Balaban J connectivity index is 1.46. The molecule has 0 fully saturated rings. The van der Waals surface area contributed by atoms with Gasteiger partial charge in [-0.25, -0.2) is 22.5 Å². The van der Waals surface area contributed by atoms with Crippen molar-refractivity contribution in [3.05, 3.63) is 101 Å². The van der Waals surface area contributed by atoms with Crippen LogP contribution in [0.1, 0.15) is 15.9 Å². The van der Waals surface area contributed by atoms with Gasteiger partial charge in [-0.3, -0.25) is 9.52 Å². The van der Waals surface area contributed by atoms with Gasteiger partial charge in [0.25, 0.3) is 15.9 Å². The van der Waals surface area contributed by atoms with Crippen LogP contribution in [-0.2, 0) is 16.6 Å². The molecule has 0 aliphatic heterocycles. The van der Waals surface area contributed by atoms with E-state index < -0.39 is 21.7 Å². The van der Waals surface area contributed by atoms with Gasteiger partial charge in [-0.15, -0.1) is 0 Å². The molecule has 2 N–H and O–H groups in total. The number of hydrogen-bond acceptors (Lipinski definition) is 5. The fourth-order valence-corrected chi connectivity index (χ4v) is 4.56. The molecule has 168 valence electrons. The highest BCUT2D eigenvalue weighted by molar-refractivity contribution is 7.92. The Hall–Kier alpha value is -3.76. The summed E-state index contributed by atoms with van der Waals surface area (Å²) in [6.07, 6.45) is 3.01. The molecule has 0 atom stereocenters. The molecule has 4 aromatic rings. The largest absolute Gasteiger partial charge is 0.348 e. The van der Waals surface area contributed by atoms with Gasteiger partial charge in [0.15, 0.2) is 0 Å². The molecule has 0 bridgehead atoms. The monoisotopic (exact) mass is 485 g/mol. The Morgan fingerprint density at radius 3 is 2.42 bits per heavy atom. The minimum absolute atomic E-state index is 0.0511. The lowest BCUT2D eigenvalue weighted by Crippen LogP contribution is -2.23. The molecule has 0 spiro atoms. The summed E-state index contributed by atoms with van der Waals surface area (Å²) in [5, 5.41) is 6.75. The summed E-state index contributed by atoms with van der Waals surface area (Å²) < 4.78 is 42.5. The summed E-state index contributed by atoms with van der Waals surface area (Å²) in [7, 11) is -4.10. The SMILES string of the molecule is O=C(NCc1ccc(-n2cncn2)cc1)c1ccc(Cl)c(S(=O)(=O)Nc2ccc(F)cc2)c1. The maximum absolute atomic E-state index is 13.1. The minimum atomic E-state index is -4.10. The number of hydrogen-bond donors (Lipinski definition) is 2. The van der Waals surface area contributed by atoms with Crippen molar-refractivity contribution < 1.29 is 17.6 Å². The molecule has 0 aliphatic rings. The highest BCUT2D eigenvalue weighted by Gasteiger charge is 2.20. The molecular weight excluding hydrogens is 469 g/mol. The van der Waals surface area contributed by atoms with Gasteiger partial charge in [0.2, 0.25) is 0 Å². The number of carbonyl (C=O) groups excluding carboxylic acids is 1. The molecule has 8 nitrogen and oxygen atoms in total. The van der Waals surface area contributed by atoms with E-state index >= 15 is 0 Å². The number of aromatic nitrogens is 3. The third-order valence-corrected chi connectivity index (χ3v) is 6.51. The van der Waals surface area contributed by atoms with Crippen LogP contribution >= 0.6 is 11.6 Å². The highest BCUT2D eigenvalue weighted by atomic mass is 35.5. The number of halogens is 2. The number of sulfonamides is 1. The standard InChI is InChI=1S/C22H17ClFN5O3S/c23-20-10-3-16(11-21(20)33(31,32)28-18-6-4-17(24)5-7-18)22(30)26-12-15-1-8-19(9-2-15)29-14-25-13-27-29/h1-11,13-14,28H,12H2,(H,26,30). The first kappa shape index (κ1) is 22.4. The van der Waals surface area contributed by atoms with Crippen molar-refractivity contribution in [3.63, 3.8) is 0 Å². The molecule has 1 amide bonds. The molecule has 0 unspecified atom stereocenters. The first-order valence-corrected chi connectivity index (χ1v) is 11.5. The molecule has 3 aromatic carbocycles. The third kappa shape index (κ3) is 5.36. The zero-order valence-electron chi connectivity index (χ0n) is 16.9. The molecule has 4 rings (SSSR count). The molecule has 1 heterocycles. The zero-order chi connectivity index (χ0) is 23.4. The summed E-state index contributed by atoms with van der Waals surface area (Å²) in [6.45, 7) is 0.231. The summed E-state index contributed by atoms with van der Waals surface area (Å²) in [4.78, 5) is 16.3. The van der Waals surface area contributed by atoms with Gasteiger partial charge < -0.3 is 5.32 Å². The first-order chi connectivity index (χ1) is 15.8.